The average Bonchev–Trinajstić information content (AvgIpc) is 2.01. The van der Waals surface area contributed by atoms with Crippen LogP contribution in [0.1, 0.15) is 11.1 Å². The number of likely N-dealkylation sites (N-methyl/N-ethyl adjacent to an activating group) is 1. The van der Waals surface area contributed by atoms with Crippen molar-refractivity contribution in [3.05, 3.63) is 29.3 Å². The van der Waals surface area contributed by atoms with E-state index in [1.165, 1.54) is 0 Å². The Bertz CT molecular complexity index is 325. The molecule has 0 fully saturated rings. The van der Waals surface area contributed by atoms with Crippen LogP contribution in [0.4, 0.5) is 0 Å². The molecule has 0 bridgehead atoms. The minimum Gasteiger partial charge on any atom is -0.507 e. The van der Waals surface area contributed by atoms with E-state index in [2.05, 4.69) is 0 Å². The monoisotopic (exact) mass is 192 g/mol. The van der Waals surface area contributed by atoms with Gasteiger partial charge in [-0.2, -0.15) is 0 Å². The molecule has 1 rings (SSSR count). The van der Waals surface area contributed by atoms with Gasteiger partial charge in [-0.25, -0.2) is 0 Å². The quantitative estimate of drug-likeness (QED) is 0.715. The zero-order valence-electron chi connectivity index (χ0n) is 8.83. The number of hydrogen-bond donors (Lipinski definition) is 2. The zero-order chi connectivity index (χ0) is 10.7. The van der Waals surface area contributed by atoms with E-state index in [0.717, 1.165) is 5.56 Å². The van der Waals surface area contributed by atoms with E-state index in [-0.39, 0.29) is 5.75 Å². The van der Waals surface area contributed by atoms with Gasteiger partial charge < -0.3 is 15.4 Å². The molecule has 3 heteroatoms. The Morgan fingerprint density at radius 1 is 1.43 bits per heavy atom. The number of benzene rings is 1. The van der Waals surface area contributed by atoms with E-state index in [1.807, 2.05) is 32.0 Å². The highest BCUT2D eigenvalue weighted by molar-refractivity contribution is 6.03. The summed E-state index contributed by atoms with van der Waals surface area (Å²) >= 11 is 0. The average molecular weight is 192 g/mol. The summed E-state index contributed by atoms with van der Waals surface area (Å²) in [6.07, 6.45) is 0. The van der Waals surface area contributed by atoms with Crippen LogP contribution < -0.4 is 0 Å². The van der Waals surface area contributed by atoms with Crippen LogP contribution in [0.3, 0.4) is 0 Å². The van der Waals surface area contributed by atoms with Gasteiger partial charge in [0.1, 0.15) is 5.75 Å². The minimum atomic E-state index is 0.192. The lowest BCUT2D eigenvalue weighted by molar-refractivity contribution is 0.461. The molecule has 0 saturated carbocycles. The van der Waals surface area contributed by atoms with Crippen molar-refractivity contribution in [3.8, 4) is 5.75 Å². The Hall–Kier alpha value is -1.35. The summed E-state index contributed by atoms with van der Waals surface area (Å²) in [6.45, 7) is 2.44. The van der Waals surface area contributed by atoms with Crippen molar-refractivity contribution >= 4 is 5.71 Å². The molecule has 0 unspecified atom stereocenters. The summed E-state index contributed by atoms with van der Waals surface area (Å²) < 4.78 is 0. The summed E-state index contributed by atoms with van der Waals surface area (Å²) in [7, 11) is 3.81. The van der Waals surface area contributed by atoms with Gasteiger partial charge >= 0.3 is 0 Å². The van der Waals surface area contributed by atoms with Crippen molar-refractivity contribution in [2.75, 3.05) is 20.6 Å². The van der Waals surface area contributed by atoms with Crippen molar-refractivity contribution in [3.63, 3.8) is 0 Å². The van der Waals surface area contributed by atoms with Crippen molar-refractivity contribution in [2.45, 2.75) is 6.92 Å². The van der Waals surface area contributed by atoms with E-state index in [4.69, 9.17) is 5.41 Å². The van der Waals surface area contributed by atoms with E-state index in [1.54, 1.807) is 12.1 Å². The Morgan fingerprint density at radius 3 is 2.57 bits per heavy atom. The van der Waals surface area contributed by atoms with Gasteiger partial charge in [-0.15, -0.1) is 0 Å². The second-order valence-corrected chi connectivity index (χ2v) is 3.69. The second kappa shape index (κ2) is 4.24. The zero-order valence-corrected chi connectivity index (χ0v) is 8.83. The van der Waals surface area contributed by atoms with Gasteiger partial charge in [0.15, 0.2) is 0 Å². The minimum absolute atomic E-state index is 0.192. The molecule has 0 aliphatic rings. The third kappa shape index (κ3) is 2.33. The fourth-order valence-corrected chi connectivity index (χ4v) is 1.44. The van der Waals surface area contributed by atoms with Crippen molar-refractivity contribution in [1.82, 2.24) is 4.90 Å². The largest absolute Gasteiger partial charge is 0.507 e. The molecule has 0 radical (unpaired) electrons. The number of rotatable bonds is 3. The summed E-state index contributed by atoms with van der Waals surface area (Å²) in [5, 5.41) is 17.5. The van der Waals surface area contributed by atoms with Crippen LogP contribution in [0.5, 0.6) is 5.75 Å². The van der Waals surface area contributed by atoms with Gasteiger partial charge in [0.2, 0.25) is 0 Å². The molecular formula is C11H16N2O. The number of hydrogen-bond acceptors (Lipinski definition) is 3. The maximum atomic E-state index is 9.62. The number of aryl methyl sites for hydroxylation is 1. The Balaban J connectivity index is 3.00. The number of phenols is 1. The van der Waals surface area contributed by atoms with Gasteiger partial charge in [-0.3, -0.25) is 0 Å². The van der Waals surface area contributed by atoms with Crippen LogP contribution in [-0.2, 0) is 0 Å². The normalized spacial score (nSPS) is 10.6. The topological polar surface area (TPSA) is 47.3 Å². The first-order chi connectivity index (χ1) is 6.52. The van der Waals surface area contributed by atoms with Gasteiger partial charge in [0.05, 0.1) is 5.71 Å². The first kappa shape index (κ1) is 10.7. The number of phenolic OH excluding ortho intramolecular Hbond substituents is 1. The Labute approximate surface area is 84.5 Å². The molecule has 0 heterocycles. The van der Waals surface area contributed by atoms with Crippen LogP contribution in [-0.4, -0.2) is 36.4 Å². The lowest BCUT2D eigenvalue weighted by atomic mass is 10.0. The maximum absolute atomic E-state index is 9.62. The first-order valence-corrected chi connectivity index (χ1v) is 4.53. The molecule has 0 amide bonds. The highest BCUT2D eigenvalue weighted by Crippen LogP contribution is 2.20. The molecule has 0 aromatic heterocycles. The van der Waals surface area contributed by atoms with Crippen molar-refractivity contribution < 1.29 is 5.11 Å². The SMILES string of the molecule is Cc1cccc(O)c1C(=N)CN(C)C. The predicted molar refractivity (Wildman–Crippen MR) is 58.2 cm³/mol. The number of nitrogens with one attached hydrogen (secondary N) is 1. The summed E-state index contributed by atoms with van der Waals surface area (Å²) in [4.78, 5) is 1.91. The third-order valence-corrected chi connectivity index (χ3v) is 2.03. The molecule has 2 N–H and O–H groups in total. The second-order valence-electron chi connectivity index (χ2n) is 3.69. The lowest BCUT2D eigenvalue weighted by Gasteiger charge is -2.13. The highest BCUT2D eigenvalue weighted by Gasteiger charge is 2.10. The number of aromatic hydroxyl groups is 1. The van der Waals surface area contributed by atoms with E-state index in [9.17, 15) is 5.11 Å². The lowest BCUT2D eigenvalue weighted by Crippen LogP contribution is -2.22. The summed E-state index contributed by atoms with van der Waals surface area (Å²) in [6, 6.07) is 5.31. The molecule has 0 aliphatic carbocycles. The first-order valence-electron chi connectivity index (χ1n) is 4.53. The smallest absolute Gasteiger partial charge is 0.124 e. The Morgan fingerprint density at radius 2 is 2.07 bits per heavy atom. The molecule has 0 aliphatic heterocycles. The van der Waals surface area contributed by atoms with E-state index in [0.29, 0.717) is 17.8 Å². The molecule has 1 aromatic carbocycles. The Kier molecular flexibility index (Phi) is 3.25. The van der Waals surface area contributed by atoms with E-state index < -0.39 is 0 Å². The van der Waals surface area contributed by atoms with Crippen LogP contribution in [0.25, 0.3) is 0 Å². The van der Waals surface area contributed by atoms with Crippen LogP contribution in [0.15, 0.2) is 18.2 Å². The van der Waals surface area contributed by atoms with Crippen molar-refractivity contribution in [1.29, 1.82) is 5.41 Å². The highest BCUT2D eigenvalue weighted by atomic mass is 16.3. The van der Waals surface area contributed by atoms with Crippen LogP contribution in [0, 0.1) is 12.3 Å². The van der Waals surface area contributed by atoms with Crippen molar-refractivity contribution in [2.24, 2.45) is 0 Å². The molecule has 0 atom stereocenters. The molecule has 14 heavy (non-hydrogen) atoms. The van der Waals surface area contributed by atoms with Gasteiger partial charge in [0.25, 0.3) is 0 Å². The fourth-order valence-electron chi connectivity index (χ4n) is 1.44. The molecule has 76 valence electrons. The number of nitrogens with zero attached hydrogens (tertiary/aromatic N) is 1. The van der Waals surface area contributed by atoms with E-state index >= 15 is 0 Å². The molecule has 3 nitrogen and oxygen atoms in total. The summed E-state index contributed by atoms with van der Waals surface area (Å²) in [5.41, 5.74) is 2.05. The molecular weight excluding hydrogens is 176 g/mol. The van der Waals surface area contributed by atoms with Gasteiger partial charge in [0, 0.05) is 12.1 Å². The standard InChI is InChI=1S/C11H16N2O/c1-8-5-4-6-10(14)11(8)9(12)7-13(2)3/h4-6,12,14H,7H2,1-3H3. The summed E-state index contributed by atoms with van der Waals surface area (Å²) in [5.74, 6) is 0.192. The molecule has 0 saturated heterocycles. The molecule has 0 spiro atoms. The van der Waals surface area contributed by atoms with Crippen LogP contribution >= 0.6 is 0 Å². The maximum Gasteiger partial charge on any atom is 0.124 e. The predicted octanol–water partition coefficient (Wildman–Crippen LogP) is 1.63. The van der Waals surface area contributed by atoms with Crippen LogP contribution in [0.2, 0.25) is 0 Å². The third-order valence-electron chi connectivity index (χ3n) is 2.03. The fraction of sp³-hybridized carbons (Fsp3) is 0.364. The molecule has 1 aromatic rings. The van der Waals surface area contributed by atoms with Gasteiger partial charge in [-0.05, 0) is 32.6 Å². The van der Waals surface area contributed by atoms with Gasteiger partial charge in [-0.1, -0.05) is 12.1 Å².